The van der Waals surface area contributed by atoms with Crippen LogP contribution in [0.15, 0.2) is 34.9 Å². The van der Waals surface area contributed by atoms with E-state index in [0.717, 1.165) is 0 Å². The summed E-state index contributed by atoms with van der Waals surface area (Å²) in [6, 6.07) is 7.09. The second kappa shape index (κ2) is 6.25. The van der Waals surface area contributed by atoms with E-state index in [2.05, 4.69) is 5.16 Å². The van der Waals surface area contributed by atoms with Gasteiger partial charge in [-0.15, -0.1) is 0 Å². The molecule has 1 unspecified atom stereocenters. The molecule has 6 nitrogen and oxygen atoms in total. The number of likely N-dealkylation sites (N-methyl/N-ethyl adjacent to an activating group) is 1. The molecular formula is C14H16FN3O3. The zero-order chi connectivity index (χ0) is 15.4. The van der Waals surface area contributed by atoms with Crippen LogP contribution < -0.4 is 15.4 Å². The summed E-state index contributed by atoms with van der Waals surface area (Å²) in [7, 11) is 1.66. The van der Waals surface area contributed by atoms with Crippen LogP contribution in [0, 0.1) is 5.82 Å². The van der Waals surface area contributed by atoms with Crippen molar-refractivity contribution in [2.45, 2.75) is 19.6 Å². The van der Waals surface area contributed by atoms with E-state index in [1.165, 1.54) is 12.1 Å². The van der Waals surface area contributed by atoms with Gasteiger partial charge < -0.3 is 19.9 Å². The number of halogens is 1. The highest BCUT2D eigenvalue weighted by Gasteiger charge is 2.19. The van der Waals surface area contributed by atoms with Gasteiger partial charge >= 0.3 is 0 Å². The van der Waals surface area contributed by atoms with Crippen LogP contribution in [-0.2, 0) is 11.4 Å². The normalized spacial score (nSPS) is 12.0. The molecule has 2 aromatic rings. The Morgan fingerprint density at radius 1 is 1.52 bits per heavy atom. The zero-order valence-electron chi connectivity index (χ0n) is 11.7. The predicted molar refractivity (Wildman–Crippen MR) is 74.3 cm³/mol. The molecule has 1 heterocycles. The van der Waals surface area contributed by atoms with Crippen molar-refractivity contribution >= 4 is 11.8 Å². The highest BCUT2D eigenvalue weighted by Crippen LogP contribution is 2.22. The van der Waals surface area contributed by atoms with Gasteiger partial charge in [0.2, 0.25) is 11.8 Å². The molecular weight excluding hydrogens is 277 g/mol. The summed E-state index contributed by atoms with van der Waals surface area (Å²) in [4.78, 5) is 12.7. The minimum Gasteiger partial charge on any atom is -0.471 e. The maximum Gasteiger partial charge on any atom is 0.256 e. The van der Waals surface area contributed by atoms with E-state index in [-0.39, 0.29) is 18.3 Å². The molecule has 0 fully saturated rings. The van der Waals surface area contributed by atoms with Crippen LogP contribution in [0.2, 0.25) is 0 Å². The Morgan fingerprint density at radius 3 is 2.95 bits per heavy atom. The lowest BCUT2D eigenvalue weighted by Gasteiger charge is -2.19. The lowest BCUT2D eigenvalue weighted by molar-refractivity contribution is -0.118. The SMILES string of the molecule is CC(C(N)=O)N(C)c1cc(OCc2cccc(F)c2)no1. The molecule has 1 aromatic carbocycles. The Morgan fingerprint density at radius 2 is 2.29 bits per heavy atom. The minimum atomic E-state index is -0.533. The van der Waals surface area contributed by atoms with E-state index in [4.69, 9.17) is 15.0 Å². The zero-order valence-corrected chi connectivity index (χ0v) is 11.7. The molecule has 1 atom stereocenters. The van der Waals surface area contributed by atoms with Crippen LogP contribution >= 0.6 is 0 Å². The fourth-order valence-corrected chi connectivity index (χ4v) is 1.65. The van der Waals surface area contributed by atoms with Crippen molar-refractivity contribution in [2.75, 3.05) is 11.9 Å². The maximum atomic E-state index is 13.0. The van der Waals surface area contributed by atoms with Gasteiger partial charge in [0, 0.05) is 7.05 Å². The first kappa shape index (κ1) is 14.8. The van der Waals surface area contributed by atoms with Crippen LogP contribution in [0.3, 0.4) is 0 Å². The van der Waals surface area contributed by atoms with E-state index in [9.17, 15) is 9.18 Å². The predicted octanol–water partition coefficient (Wildman–Crippen LogP) is 1.70. The number of benzene rings is 1. The largest absolute Gasteiger partial charge is 0.471 e. The van der Waals surface area contributed by atoms with Crippen molar-refractivity contribution in [1.29, 1.82) is 0 Å². The summed E-state index contributed by atoms with van der Waals surface area (Å²) in [5.41, 5.74) is 5.90. The van der Waals surface area contributed by atoms with Crippen LogP contribution in [0.1, 0.15) is 12.5 Å². The molecule has 0 aliphatic carbocycles. The van der Waals surface area contributed by atoms with Gasteiger partial charge in [-0.25, -0.2) is 4.39 Å². The number of primary amides is 1. The van der Waals surface area contributed by atoms with E-state index < -0.39 is 11.9 Å². The lowest BCUT2D eigenvalue weighted by atomic mass is 10.2. The van der Waals surface area contributed by atoms with E-state index in [1.54, 1.807) is 37.1 Å². The van der Waals surface area contributed by atoms with Crippen LogP contribution in [0.25, 0.3) is 0 Å². The second-order valence-corrected chi connectivity index (χ2v) is 4.61. The average Bonchev–Trinajstić information content (AvgIpc) is 2.92. The number of anilines is 1. The first-order valence-corrected chi connectivity index (χ1v) is 6.33. The van der Waals surface area contributed by atoms with Crippen LogP contribution in [0.4, 0.5) is 10.3 Å². The molecule has 21 heavy (non-hydrogen) atoms. The molecule has 2 N–H and O–H groups in total. The number of aromatic nitrogens is 1. The number of hydrogen-bond acceptors (Lipinski definition) is 5. The van der Waals surface area contributed by atoms with Gasteiger partial charge in [0.15, 0.2) is 0 Å². The minimum absolute atomic E-state index is 0.165. The number of hydrogen-bond donors (Lipinski definition) is 1. The van der Waals surface area contributed by atoms with Gasteiger partial charge in [-0.1, -0.05) is 12.1 Å². The van der Waals surface area contributed by atoms with Crippen molar-refractivity contribution in [3.8, 4) is 5.88 Å². The molecule has 0 saturated heterocycles. The summed E-state index contributed by atoms with van der Waals surface area (Å²) >= 11 is 0. The van der Waals surface area contributed by atoms with Gasteiger partial charge in [-0.3, -0.25) is 4.79 Å². The summed E-state index contributed by atoms with van der Waals surface area (Å²) in [6.07, 6.45) is 0. The third-order valence-corrected chi connectivity index (χ3v) is 3.09. The fourth-order valence-electron chi connectivity index (χ4n) is 1.65. The number of rotatable bonds is 6. The molecule has 1 amide bonds. The summed E-state index contributed by atoms with van der Waals surface area (Å²) in [6.45, 7) is 1.82. The number of nitrogens with two attached hydrogens (primary N) is 1. The molecule has 112 valence electrons. The number of amides is 1. The summed E-state index contributed by atoms with van der Waals surface area (Å²) < 4.78 is 23.5. The average molecular weight is 293 g/mol. The van der Waals surface area contributed by atoms with Crippen LogP contribution in [-0.4, -0.2) is 24.2 Å². The molecule has 0 radical (unpaired) electrons. The molecule has 0 saturated carbocycles. The number of nitrogens with zero attached hydrogens (tertiary/aromatic N) is 2. The number of carbonyl (C=O) groups is 1. The Labute approximate surface area is 121 Å². The van der Waals surface area contributed by atoms with Crippen molar-refractivity contribution in [3.05, 3.63) is 41.7 Å². The smallest absolute Gasteiger partial charge is 0.256 e. The van der Waals surface area contributed by atoms with Gasteiger partial charge in [0.25, 0.3) is 5.88 Å². The first-order chi connectivity index (χ1) is 9.97. The molecule has 0 aliphatic rings. The van der Waals surface area contributed by atoms with Crippen molar-refractivity contribution < 1.29 is 18.4 Å². The second-order valence-electron chi connectivity index (χ2n) is 4.61. The van der Waals surface area contributed by atoms with E-state index in [1.807, 2.05) is 0 Å². The molecule has 0 spiro atoms. The summed E-state index contributed by atoms with van der Waals surface area (Å²) in [5.74, 6) is -0.198. The van der Waals surface area contributed by atoms with Gasteiger partial charge in [0.05, 0.1) is 6.07 Å². The van der Waals surface area contributed by atoms with Crippen molar-refractivity contribution in [1.82, 2.24) is 5.16 Å². The number of ether oxygens (including phenoxy) is 1. The van der Waals surface area contributed by atoms with Crippen LogP contribution in [0.5, 0.6) is 5.88 Å². The Balaban J connectivity index is 1.98. The first-order valence-electron chi connectivity index (χ1n) is 6.33. The van der Waals surface area contributed by atoms with Gasteiger partial charge in [-0.2, -0.15) is 0 Å². The highest BCUT2D eigenvalue weighted by atomic mass is 19.1. The van der Waals surface area contributed by atoms with Gasteiger partial charge in [0.1, 0.15) is 18.5 Å². The summed E-state index contributed by atoms with van der Waals surface area (Å²) in [5, 5.41) is 3.73. The molecule has 7 heteroatoms. The number of carbonyl (C=O) groups excluding carboxylic acids is 1. The quantitative estimate of drug-likeness (QED) is 0.876. The third kappa shape index (κ3) is 3.71. The fraction of sp³-hybridized carbons (Fsp3) is 0.286. The Hall–Kier alpha value is -2.57. The van der Waals surface area contributed by atoms with E-state index in [0.29, 0.717) is 11.4 Å². The standard InChI is InChI=1S/C14H16FN3O3/c1-9(14(16)19)18(2)13-7-12(17-21-13)20-8-10-4-3-5-11(15)6-10/h3-7,9H,8H2,1-2H3,(H2,16,19). The third-order valence-electron chi connectivity index (χ3n) is 3.09. The van der Waals surface area contributed by atoms with Crippen molar-refractivity contribution in [3.63, 3.8) is 0 Å². The highest BCUT2D eigenvalue weighted by molar-refractivity contribution is 5.82. The van der Waals surface area contributed by atoms with Crippen molar-refractivity contribution in [2.24, 2.45) is 5.73 Å². The maximum absolute atomic E-state index is 13.0. The van der Waals surface area contributed by atoms with Gasteiger partial charge in [-0.05, 0) is 29.8 Å². The molecule has 0 aliphatic heterocycles. The molecule has 1 aromatic heterocycles. The lowest BCUT2D eigenvalue weighted by Crippen LogP contribution is -2.40. The Kier molecular flexibility index (Phi) is 4.42. The topological polar surface area (TPSA) is 81.6 Å². The molecule has 2 rings (SSSR count). The monoisotopic (exact) mass is 293 g/mol. The van der Waals surface area contributed by atoms with E-state index >= 15 is 0 Å². The Bertz CT molecular complexity index is 629. The molecule has 0 bridgehead atoms.